The van der Waals surface area contributed by atoms with Crippen LogP contribution in [0, 0.1) is 17.0 Å². The fraction of sp³-hybridized carbons (Fsp3) is 0.118. The number of para-hydroxylation sites is 1. The SMILES string of the molecule is Cc1cccc2sc(NC(=O)c3cc(Cn4ccc([N+](=O)[O-])n4)cs3)nc12. The second kappa shape index (κ2) is 6.89. The van der Waals surface area contributed by atoms with Crippen LogP contribution in [0.3, 0.4) is 0 Å². The predicted octanol–water partition coefficient (Wildman–Crippen LogP) is 4.07. The number of thiazole rings is 1. The van der Waals surface area contributed by atoms with E-state index in [9.17, 15) is 14.9 Å². The van der Waals surface area contributed by atoms with Gasteiger partial charge in [-0.2, -0.15) is 4.68 Å². The van der Waals surface area contributed by atoms with Gasteiger partial charge in [0, 0.05) is 0 Å². The highest BCUT2D eigenvalue weighted by atomic mass is 32.1. The number of thiophene rings is 1. The molecule has 0 spiro atoms. The quantitative estimate of drug-likeness (QED) is 0.402. The van der Waals surface area contributed by atoms with E-state index in [4.69, 9.17) is 0 Å². The molecule has 3 heterocycles. The van der Waals surface area contributed by atoms with Crippen molar-refractivity contribution in [2.24, 2.45) is 0 Å². The van der Waals surface area contributed by atoms with Crippen molar-refractivity contribution in [2.45, 2.75) is 13.5 Å². The smallest absolute Gasteiger partial charge is 0.358 e. The van der Waals surface area contributed by atoms with Crippen LogP contribution < -0.4 is 5.32 Å². The van der Waals surface area contributed by atoms with Gasteiger partial charge in [-0.25, -0.2) is 4.98 Å². The minimum Gasteiger partial charge on any atom is -0.358 e. The van der Waals surface area contributed by atoms with Crippen molar-refractivity contribution in [3.05, 3.63) is 68.0 Å². The molecule has 0 radical (unpaired) electrons. The van der Waals surface area contributed by atoms with Gasteiger partial charge in [-0.3, -0.25) is 10.1 Å². The normalized spacial score (nSPS) is 11.0. The molecule has 0 aliphatic carbocycles. The first-order valence-corrected chi connectivity index (χ1v) is 9.62. The Morgan fingerprint density at radius 2 is 2.22 bits per heavy atom. The van der Waals surface area contributed by atoms with E-state index in [1.165, 1.54) is 33.4 Å². The number of rotatable bonds is 5. The van der Waals surface area contributed by atoms with Crippen LogP contribution in [0.2, 0.25) is 0 Å². The van der Waals surface area contributed by atoms with Crippen LogP contribution in [0.1, 0.15) is 20.8 Å². The van der Waals surface area contributed by atoms with Crippen molar-refractivity contribution in [2.75, 3.05) is 5.32 Å². The Morgan fingerprint density at radius 1 is 1.37 bits per heavy atom. The van der Waals surface area contributed by atoms with Gasteiger partial charge in [-0.15, -0.1) is 11.3 Å². The molecule has 0 saturated heterocycles. The number of fused-ring (bicyclic) bond motifs is 1. The number of hydrogen-bond donors (Lipinski definition) is 1. The fourth-order valence-electron chi connectivity index (χ4n) is 2.60. The molecule has 3 aromatic heterocycles. The monoisotopic (exact) mass is 399 g/mol. The zero-order valence-corrected chi connectivity index (χ0v) is 15.7. The molecular weight excluding hydrogens is 386 g/mol. The number of carbonyl (C=O) groups is 1. The average molecular weight is 399 g/mol. The lowest BCUT2D eigenvalue weighted by Crippen LogP contribution is -2.09. The summed E-state index contributed by atoms with van der Waals surface area (Å²) in [6, 6.07) is 9.02. The van der Waals surface area contributed by atoms with Crippen molar-refractivity contribution in [1.29, 1.82) is 0 Å². The van der Waals surface area contributed by atoms with Crippen LogP contribution in [0.15, 0.2) is 41.9 Å². The Kier molecular flexibility index (Phi) is 4.42. The molecule has 1 N–H and O–H groups in total. The number of aromatic nitrogens is 3. The maximum absolute atomic E-state index is 12.5. The molecule has 27 heavy (non-hydrogen) atoms. The molecule has 4 rings (SSSR count). The summed E-state index contributed by atoms with van der Waals surface area (Å²) in [5.41, 5.74) is 2.81. The van der Waals surface area contributed by atoms with Crippen molar-refractivity contribution < 1.29 is 9.72 Å². The van der Waals surface area contributed by atoms with Crippen LogP contribution in [0.5, 0.6) is 0 Å². The summed E-state index contributed by atoms with van der Waals surface area (Å²) in [4.78, 5) is 27.7. The number of aryl methyl sites for hydroxylation is 1. The van der Waals surface area contributed by atoms with E-state index < -0.39 is 4.92 Å². The van der Waals surface area contributed by atoms with Crippen LogP contribution in [-0.2, 0) is 6.54 Å². The summed E-state index contributed by atoms with van der Waals surface area (Å²) < 4.78 is 2.50. The third-order valence-electron chi connectivity index (χ3n) is 3.88. The summed E-state index contributed by atoms with van der Waals surface area (Å²) in [5.74, 6) is -0.427. The standard InChI is InChI=1S/C17H13N5O3S2/c1-10-3-2-4-12-15(10)18-17(27-12)19-16(23)13-7-11(9-26-13)8-21-6-5-14(20-21)22(24)25/h2-7,9H,8H2,1H3,(H,18,19,23). The van der Waals surface area contributed by atoms with Crippen molar-refractivity contribution in [3.63, 3.8) is 0 Å². The maximum atomic E-state index is 12.5. The molecule has 1 amide bonds. The minimum atomic E-state index is -0.539. The van der Waals surface area contributed by atoms with Gasteiger partial charge in [0.15, 0.2) is 5.13 Å². The van der Waals surface area contributed by atoms with E-state index in [1.807, 2.05) is 30.5 Å². The van der Waals surface area contributed by atoms with Gasteiger partial charge in [-0.1, -0.05) is 23.5 Å². The van der Waals surface area contributed by atoms with Crippen molar-refractivity contribution in [1.82, 2.24) is 14.8 Å². The molecule has 0 atom stereocenters. The van der Waals surface area contributed by atoms with Gasteiger partial charge in [-0.05, 0) is 40.5 Å². The van der Waals surface area contributed by atoms with Crippen molar-refractivity contribution >= 4 is 49.7 Å². The summed E-state index contributed by atoms with van der Waals surface area (Å²) in [6.45, 7) is 2.34. The second-order valence-electron chi connectivity index (χ2n) is 5.84. The Balaban J connectivity index is 1.47. The van der Waals surface area contributed by atoms with Gasteiger partial charge in [0.05, 0.1) is 39.0 Å². The number of amides is 1. The molecule has 0 saturated carbocycles. The van der Waals surface area contributed by atoms with Gasteiger partial charge < -0.3 is 10.1 Å². The largest absolute Gasteiger partial charge is 0.389 e. The van der Waals surface area contributed by atoms with Gasteiger partial charge in [0.2, 0.25) is 0 Å². The highest BCUT2D eigenvalue weighted by Crippen LogP contribution is 2.28. The molecule has 8 nitrogen and oxygen atoms in total. The summed E-state index contributed by atoms with van der Waals surface area (Å²) in [7, 11) is 0. The van der Waals surface area contributed by atoms with Crippen LogP contribution in [0.4, 0.5) is 10.9 Å². The van der Waals surface area contributed by atoms with E-state index in [0.717, 1.165) is 21.3 Å². The van der Waals surface area contributed by atoms with Gasteiger partial charge in [0.25, 0.3) is 5.91 Å². The van der Waals surface area contributed by atoms with Crippen LogP contribution in [0.25, 0.3) is 10.2 Å². The number of nitrogens with zero attached hydrogens (tertiary/aromatic N) is 4. The third kappa shape index (κ3) is 3.57. The van der Waals surface area contributed by atoms with E-state index >= 15 is 0 Å². The Bertz CT molecular complexity index is 1160. The minimum absolute atomic E-state index is 0.200. The van der Waals surface area contributed by atoms with E-state index in [-0.39, 0.29) is 11.7 Å². The first-order chi connectivity index (χ1) is 13.0. The summed E-state index contributed by atoms with van der Waals surface area (Å²) in [5, 5.41) is 19.8. The topological polar surface area (TPSA) is 103 Å². The van der Waals surface area contributed by atoms with E-state index in [2.05, 4.69) is 15.4 Å². The molecule has 4 aromatic rings. The molecule has 10 heteroatoms. The highest BCUT2D eigenvalue weighted by Gasteiger charge is 2.15. The molecule has 0 aliphatic heterocycles. The lowest BCUT2D eigenvalue weighted by Gasteiger charge is -1.97. The lowest BCUT2D eigenvalue weighted by molar-refractivity contribution is -0.389. The van der Waals surface area contributed by atoms with E-state index in [0.29, 0.717) is 16.6 Å². The fourth-order valence-corrected chi connectivity index (χ4v) is 4.34. The molecule has 0 aliphatic rings. The Morgan fingerprint density at radius 3 is 2.96 bits per heavy atom. The number of hydrogen-bond acceptors (Lipinski definition) is 7. The third-order valence-corrected chi connectivity index (χ3v) is 5.79. The molecule has 136 valence electrons. The van der Waals surface area contributed by atoms with Crippen LogP contribution in [-0.4, -0.2) is 25.6 Å². The Labute approximate surface area is 161 Å². The van der Waals surface area contributed by atoms with Crippen molar-refractivity contribution in [3.8, 4) is 0 Å². The highest BCUT2D eigenvalue weighted by molar-refractivity contribution is 7.22. The number of carbonyl (C=O) groups excluding carboxylic acids is 1. The lowest BCUT2D eigenvalue weighted by atomic mass is 10.2. The van der Waals surface area contributed by atoms with Crippen LogP contribution >= 0.6 is 22.7 Å². The summed E-state index contributed by atoms with van der Waals surface area (Å²) >= 11 is 2.74. The average Bonchev–Trinajstić information content (AvgIpc) is 3.35. The maximum Gasteiger partial charge on any atom is 0.389 e. The first kappa shape index (κ1) is 17.3. The molecule has 1 aromatic carbocycles. The van der Waals surface area contributed by atoms with Gasteiger partial charge in [0.1, 0.15) is 0 Å². The molecule has 0 fully saturated rings. The number of anilines is 1. The summed E-state index contributed by atoms with van der Waals surface area (Å²) in [6.07, 6.45) is 1.54. The Hall–Kier alpha value is -3.11. The molecular formula is C17H13N5O3S2. The second-order valence-corrected chi connectivity index (χ2v) is 7.78. The predicted molar refractivity (Wildman–Crippen MR) is 105 cm³/mol. The number of nitrogens with one attached hydrogen (secondary N) is 1. The van der Waals surface area contributed by atoms with E-state index in [1.54, 1.807) is 12.3 Å². The van der Waals surface area contributed by atoms with Gasteiger partial charge >= 0.3 is 5.82 Å². The number of nitro groups is 1. The molecule has 0 unspecified atom stereocenters. The first-order valence-electron chi connectivity index (χ1n) is 7.92. The zero-order valence-electron chi connectivity index (χ0n) is 14.1. The number of benzene rings is 1. The molecule has 0 bridgehead atoms. The zero-order chi connectivity index (χ0) is 19.0.